The molecule has 2 fully saturated rings. The number of carbonyl (C=O) groups is 2. The summed E-state index contributed by atoms with van der Waals surface area (Å²) in [6, 6.07) is 5.58. The van der Waals surface area contributed by atoms with Crippen molar-refractivity contribution < 1.29 is 27.5 Å². The molecule has 27 heavy (non-hydrogen) atoms. The summed E-state index contributed by atoms with van der Waals surface area (Å²) in [5.74, 6) is -1.07. The number of benzene rings is 1. The van der Waals surface area contributed by atoms with Crippen molar-refractivity contribution in [2.45, 2.75) is 36.7 Å². The number of rotatable bonds is 7. The van der Waals surface area contributed by atoms with Crippen LogP contribution in [0.4, 0.5) is 0 Å². The van der Waals surface area contributed by atoms with E-state index in [-0.39, 0.29) is 23.2 Å². The molecule has 1 amide bonds. The molecule has 2 heterocycles. The van der Waals surface area contributed by atoms with Crippen molar-refractivity contribution in [2.24, 2.45) is 0 Å². The Kier molecular flexibility index (Phi) is 6.46. The molecule has 9 heteroatoms. The highest BCUT2D eigenvalue weighted by molar-refractivity contribution is 7.89. The third kappa shape index (κ3) is 5.06. The molecule has 2 saturated heterocycles. The van der Waals surface area contributed by atoms with Crippen LogP contribution in [0.5, 0.6) is 0 Å². The van der Waals surface area contributed by atoms with Crippen LogP contribution in [-0.2, 0) is 24.3 Å². The van der Waals surface area contributed by atoms with E-state index in [2.05, 4.69) is 5.32 Å². The molecule has 0 aliphatic carbocycles. The molecule has 2 aliphatic heterocycles. The molecule has 0 bridgehead atoms. The average molecular weight is 396 g/mol. The largest absolute Gasteiger partial charge is 0.452 e. The van der Waals surface area contributed by atoms with Crippen LogP contribution >= 0.6 is 0 Å². The van der Waals surface area contributed by atoms with Crippen molar-refractivity contribution in [2.75, 3.05) is 32.8 Å². The second-order valence-corrected chi connectivity index (χ2v) is 8.59. The van der Waals surface area contributed by atoms with Gasteiger partial charge in [-0.05, 0) is 49.9 Å². The van der Waals surface area contributed by atoms with E-state index in [1.54, 1.807) is 0 Å². The van der Waals surface area contributed by atoms with Gasteiger partial charge in [-0.2, -0.15) is 4.31 Å². The second kappa shape index (κ2) is 8.81. The molecule has 0 spiro atoms. The van der Waals surface area contributed by atoms with Crippen LogP contribution in [0.1, 0.15) is 36.0 Å². The summed E-state index contributed by atoms with van der Waals surface area (Å²) in [6.07, 6.45) is 3.64. The molecule has 1 unspecified atom stereocenters. The molecule has 8 nitrogen and oxygen atoms in total. The monoisotopic (exact) mass is 396 g/mol. The number of hydrogen-bond donors (Lipinski definition) is 1. The highest BCUT2D eigenvalue weighted by Gasteiger charge is 2.27. The average Bonchev–Trinajstić information content (AvgIpc) is 3.38. The maximum Gasteiger partial charge on any atom is 0.338 e. The number of esters is 1. The minimum absolute atomic E-state index is 0.0229. The van der Waals surface area contributed by atoms with Crippen molar-refractivity contribution in [3.8, 4) is 0 Å². The number of ether oxygens (including phenoxy) is 2. The first-order valence-corrected chi connectivity index (χ1v) is 10.6. The van der Waals surface area contributed by atoms with Crippen LogP contribution in [0, 0.1) is 0 Å². The molecular formula is C18H24N2O6S. The normalized spacial score (nSPS) is 20.5. The summed E-state index contributed by atoms with van der Waals surface area (Å²) in [4.78, 5) is 23.9. The van der Waals surface area contributed by atoms with Crippen molar-refractivity contribution in [3.63, 3.8) is 0 Å². The number of nitrogens with one attached hydrogen (secondary N) is 1. The van der Waals surface area contributed by atoms with Gasteiger partial charge in [0.2, 0.25) is 10.0 Å². The molecular weight excluding hydrogens is 372 g/mol. The number of hydrogen-bond acceptors (Lipinski definition) is 6. The van der Waals surface area contributed by atoms with E-state index in [4.69, 9.17) is 9.47 Å². The van der Waals surface area contributed by atoms with Crippen LogP contribution in [0.15, 0.2) is 29.2 Å². The highest BCUT2D eigenvalue weighted by Crippen LogP contribution is 2.21. The quantitative estimate of drug-likeness (QED) is 0.688. The Morgan fingerprint density at radius 3 is 2.48 bits per heavy atom. The molecule has 148 valence electrons. The Morgan fingerprint density at radius 2 is 1.85 bits per heavy atom. The molecule has 0 saturated carbocycles. The summed E-state index contributed by atoms with van der Waals surface area (Å²) in [6.45, 7) is 1.76. The fourth-order valence-corrected chi connectivity index (χ4v) is 4.66. The van der Waals surface area contributed by atoms with Crippen LogP contribution in [0.3, 0.4) is 0 Å². The summed E-state index contributed by atoms with van der Waals surface area (Å²) in [5.41, 5.74) is 0.197. The maximum atomic E-state index is 12.5. The Morgan fingerprint density at radius 1 is 1.15 bits per heavy atom. The summed E-state index contributed by atoms with van der Waals surface area (Å²) < 4.78 is 36.7. The van der Waals surface area contributed by atoms with Gasteiger partial charge in [-0.15, -0.1) is 0 Å². The van der Waals surface area contributed by atoms with E-state index < -0.39 is 21.9 Å². The van der Waals surface area contributed by atoms with Gasteiger partial charge in [0.05, 0.1) is 16.6 Å². The first-order valence-electron chi connectivity index (χ1n) is 9.12. The fraction of sp³-hybridized carbons (Fsp3) is 0.556. The van der Waals surface area contributed by atoms with E-state index >= 15 is 0 Å². The lowest BCUT2D eigenvalue weighted by atomic mass is 10.2. The van der Waals surface area contributed by atoms with E-state index in [1.807, 2.05) is 0 Å². The first kappa shape index (κ1) is 19.8. The van der Waals surface area contributed by atoms with Crippen LogP contribution in [-0.4, -0.2) is 63.6 Å². The smallest absolute Gasteiger partial charge is 0.338 e. The van der Waals surface area contributed by atoms with Gasteiger partial charge in [0, 0.05) is 26.2 Å². The van der Waals surface area contributed by atoms with Crippen LogP contribution < -0.4 is 5.32 Å². The number of carbonyl (C=O) groups excluding carboxylic acids is 2. The van der Waals surface area contributed by atoms with Gasteiger partial charge in [-0.25, -0.2) is 13.2 Å². The van der Waals surface area contributed by atoms with Gasteiger partial charge >= 0.3 is 5.97 Å². The Hall–Kier alpha value is -1.97. The maximum absolute atomic E-state index is 12.5. The van der Waals surface area contributed by atoms with Gasteiger partial charge in [0.25, 0.3) is 5.91 Å². The molecule has 0 aromatic heterocycles. The van der Waals surface area contributed by atoms with Gasteiger partial charge in [-0.3, -0.25) is 4.79 Å². The highest BCUT2D eigenvalue weighted by atomic mass is 32.2. The molecule has 2 aliphatic rings. The minimum Gasteiger partial charge on any atom is -0.452 e. The van der Waals surface area contributed by atoms with Gasteiger partial charge in [0.1, 0.15) is 0 Å². The van der Waals surface area contributed by atoms with E-state index in [0.29, 0.717) is 26.2 Å². The second-order valence-electron chi connectivity index (χ2n) is 6.65. The Bertz CT molecular complexity index is 766. The third-order valence-electron chi connectivity index (χ3n) is 4.68. The zero-order valence-corrected chi connectivity index (χ0v) is 15.9. The van der Waals surface area contributed by atoms with E-state index in [1.165, 1.54) is 28.6 Å². The van der Waals surface area contributed by atoms with Crippen molar-refractivity contribution in [3.05, 3.63) is 29.8 Å². The predicted octanol–water partition coefficient (Wildman–Crippen LogP) is 0.923. The van der Waals surface area contributed by atoms with Gasteiger partial charge in [0.15, 0.2) is 6.61 Å². The van der Waals surface area contributed by atoms with Crippen LogP contribution in [0.25, 0.3) is 0 Å². The molecule has 1 N–H and O–H groups in total. The zero-order valence-electron chi connectivity index (χ0n) is 15.1. The fourth-order valence-electron chi connectivity index (χ4n) is 3.14. The summed E-state index contributed by atoms with van der Waals surface area (Å²) in [5, 5.41) is 2.67. The lowest BCUT2D eigenvalue weighted by molar-refractivity contribution is -0.124. The summed E-state index contributed by atoms with van der Waals surface area (Å²) in [7, 11) is -3.52. The Balaban J connectivity index is 1.49. The first-order chi connectivity index (χ1) is 13.0. The zero-order chi connectivity index (χ0) is 19.3. The number of amides is 1. The third-order valence-corrected chi connectivity index (χ3v) is 6.59. The Labute approximate surface area is 158 Å². The molecule has 1 atom stereocenters. The van der Waals surface area contributed by atoms with Crippen molar-refractivity contribution in [1.29, 1.82) is 0 Å². The van der Waals surface area contributed by atoms with E-state index in [0.717, 1.165) is 25.7 Å². The molecule has 3 rings (SSSR count). The number of nitrogens with zero attached hydrogens (tertiary/aromatic N) is 1. The van der Waals surface area contributed by atoms with E-state index in [9.17, 15) is 18.0 Å². The van der Waals surface area contributed by atoms with Gasteiger partial charge in [-0.1, -0.05) is 0 Å². The molecule has 1 aromatic carbocycles. The topological polar surface area (TPSA) is 102 Å². The summed E-state index contributed by atoms with van der Waals surface area (Å²) >= 11 is 0. The lowest BCUT2D eigenvalue weighted by Gasteiger charge is -2.15. The lowest BCUT2D eigenvalue weighted by Crippen LogP contribution is -2.34. The minimum atomic E-state index is -3.52. The number of sulfonamides is 1. The van der Waals surface area contributed by atoms with Crippen molar-refractivity contribution in [1.82, 2.24) is 9.62 Å². The molecule has 0 radical (unpaired) electrons. The SMILES string of the molecule is O=C(COC(=O)c1ccc(S(=O)(=O)N2CCCC2)cc1)NCC1CCCO1. The van der Waals surface area contributed by atoms with Gasteiger partial charge < -0.3 is 14.8 Å². The van der Waals surface area contributed by atoms with Crippen LogP contribution in [0.2, 0.25) is 0 Å². The van der Waals surface area contributed by atoms with Crippen molar-refractivity contribution >= 4 is 21.9 Å². The standard InChI is InChI=1S/C18H24N2O6S/c21-17(19-12-15-4-3-11-25-15)13-26-18(22)14-5-7-16(8-6-14)27(23,24)20-9-1-2-10-20/h5-8,15H,1-4,9-13H2,(H,19,21). The predicted molar refractivity (Wildman–Crippen MR) is 96.7 cm³/mol. The molecule has 1 aromatic rings.